The Kier molecular flexibility index (Phi) is 4.85. The minimum atomic E-state index is -0.792. The maximum atomic E-state index is 11.8. The third-order valence-corrected chi connectivity index (χ3v) is 8.12. The van der Waals surface area contributed by atoms with Gasteiger partial charge in [0.05, 0.1) is 5.69 Å². The number of rotatable bonds is 2. The SMILES string of the molecule is OC1c2cc(-c3cccc4c3ccc3cc5ccccc5cc34)ccc2-c2ccccc2N1c1ccccc1. The van der Waals surface area contributed by atoms with Crippen LogP contribution in [-0.4, -0.2) is 5.11 Å². The van der Waals surface area contributed by atoms with Gasteiger partial charge in [0, 0.05) is 16.8 Å². The molecule has 0 aromatic heterocycles. The Morgan fingerprint density at radius 2 is 1.21 bits per heavy atom. The summed E-state index contributed by atoms with van der Waals surface area (Å²) in [5, 5.41) is 19.2. The summed E-state index contributed by atoms with van der Waals surface area (Å²) in [4.78, 5) is 2.03. The highest BCUT2D eigenvalue weighted by Crippen LogP contribution is 2.48. The Bertz CT molecular complexity index is 2040. The second-order valence-corrected chi connectivity index (χ2v) is 10.3. The molecule has 0 saturated carbocycles. The van der Waals surface area contributed by atoms with Crippen LogP contribution in [0.4, 0.5) is 11.4 Å². The van der Waals surface area contributed by atoms with Crippen LogP contribution in [0.15, 0.2) is 140 Å². The van der Waals surface area contributed by atoms with E-state index in [-0.39, 0.29) is 0 Å². The van der Waals surface area contributed by atoms with Crippen molar-refractivity contribution >= 4 is 43.7 Å². The van der Waals surface area contributed by atoms with Crippen LogP contribution < -0.4 is 4.90 Å². The van der Waals surface area contributed by atoms with E-state index in [0.717, 1.165) is 33.6 Å². The minimum absolute atomic E-state index is 0.792. The van der Waals surface area contributed by atoms with Crippen LogP contribution in [0.2, 0.25) is 0 Å². The molecule has 184 valence electrons. The fourth-order valence-corrected chi connectivity index (χ4v) is 6.27. The van der Waals surface area contributed by atoms with Crippen LogP contribution >= 0.6 is 0 Å². The third kappa shape index (κ3) is 3.39. The lowest BCUT2D eigenvalue weighted by molar-refractivity contribution is 0.184. The average molecular weight is 500 g/mol. The molecule has 1 heterocycles. The van der Waals surface area contributed by atoms with Gasteiger partial charge in [0.1, 0.15) is 0 Å². The molecule has 0 aliphatic carbocycles. The Morgan fingerprint density at radius 3 is 2.08 bits per heavy atom. The molecule has 0 bridgehead atoms. The number of anilines is 2. The summed E-state index contributed by atoms with van der Waals surface area (Å²) >= 11 is 0. The van der Waals surface area contributed by atoms with Crippen molar-refractivity contribution in [2.24, 2.45) is 0 Å². The minimum Gasteiger partial charge on any atom is -0.369 e. The van der Waals surface area contributed by atoms with Crippen LogP contribution in [0.5, 0.6) is 0 Å². The maximum absolute atomic E-state index is 11.8. The van der Waals surface area contributed by atoms with E-state index in [1.165, 1.54) is 37.9 Å². The normalized spacial score (nSPS) is 14.5. The number of aliphatic hydroxyl groups is 1. The first kappa shape index (κ1) is 22.1. The van der Waals surface area contributed by atoms with E-state index in [1.807, 2.05) is 41.3 Å². The number of hydrogen-bond donors (Lipinski definition) is 1. The number of benzene rings is 7. The second kappa shape index (κ2) is 8.56. The molecule has 1 unspecified atom stereocenters. The number of nitrogens with zero attached hydrogens (tertiary/aromatic N) is 1. The smallest absolute Gasteiger partial charge is 0.158 e. The van der Waals surface area contributed by atoms with E-state index in [2.05, 4.69) is 103 Å². The average Bonchev–Trinajstić information content (AvgIpc) is 3.00. The Labute approximate surface area is 227 Å². The highest BCUT2D eigenvalue weighted by atomic mass is 16.3. The lowest BCUT2D eigenvalue weighted by atomic mass is 9.87. The highest BCUT2D eigenvalue weighted by molar-refractivity contribution is 6.15. The summed E-state index contributed by atoms with van der Waals surface area (Å²) in [5.74, 6) is 0. The zero-order chi connectivity index (χ0) is 25.9. The predicted molar refractivity (Wildman–Crippen MR) is 163 cm³/mol. The molecule has 0 radical (unpaired) electrons. The topological polar surface area (TPSA) is 23.5 Å². The van der Waals surface area contributed by atoms with Gasteiger partial charge >= 0.3 is 0 Å². The monoisotopic (exact) mass is 499 g/mol. The molecule has 0 amide bonds. The fourth-order valence-electron chi connectivity index (χ4n) is 6.27. The zero-order valence-electron chi connectivity index (χ0n) is 21.3. The highest BCUT2D eigenvalue weighted by Gasteiger charge is 2.30. The molecule has 0 spiro atoms. The molecule has 1 N–H and O–H groups in total. The third-order valence-electron chi connectivity index (χ3n) is 8.12. The van der Waals surface area contributed by atoms with E-state index >= 15 is 0 Å². The summed E-state index contributed by atoms with van der Waals surface area (Å²) in [6.45, 7) is 0. The Balaban J connectivity index is 1.33. The molecule has 0 saturated heterocycles. The summed E-state index contributed by atoms with van der Waals surface area (Å²) in [7, 11) is 0. The van der Waals surface area contributed by atoms with Gasteiger partial charge in [-0.05, 0) is 85.4 Å². The first-order valence-electron chi connectivity index (χ1n) is 13.4. The van der Waals surface area contributed by atoms with E-state index < -0.39 is 6.23 Å². The van der Waals surface area contributed by atoms with Crippen LogP contribution in [0.25, 0.3) is 54.6 Å². The van der Waals surface area contributed by atoms with Crippen molar-refractivity contribution in [3.8, 4) is 22.3 Å². The molecule has 1 aliphatic rings. The standard InChI is InChI=1S/C37H25NO/c39-37-35-23-27(18-20-32(35)33-13-6-7-16-36(33)38(37)28-11-2-1-3-12-28)29-14-8-15-30-31(29)19-17-26-21-24-9-4-5-10-25(24)22-34(26)30/h1-23,37,39H. The van der Waals surface area contributed by atoms with Gasteiger partial charge in [-0.3, -0.25) is 0 Å². The van der Waals surface area contributed by atoms with Crippen LogP contribution in [0.1, 0.15) is 11.8 Å². The van der Waals surface area contributed by atoms with Gasteiger partial charge in [-0.25, -0.2) is 0 Å². The van der Waals surface area contributed by atoms with Gasteiger partial charge in [0.25, 0.3) is 0 Å². The van der Waals surface area contributed by atoms with E-state index in [9.17, 15) is 5.11 Å². The second-order valence-electron chi connectivity index (χ2n) is 10.3. The summed E-state index contributed by atoms with van der Waals surface area (Å²) in [6, 6.07) is 49.1. The van der Waals surface area contributed by atoms with Crippen LogP contribution in [-0.2, 0) is 0 Å². The fraction of sp³-hybridized carbons (Fsp3) is 0.0270. The maximum Gasteiger partial charge on any atom is 0.158 e. The number of hydrogen-bond acceptors (Lipinski definition) is 2. The van der Waals surface area contributed by atoms with Crippen molar-refractivity contribution in [3.05, 3.63) is 145 Å². The molecule has 7 aromatic rings. The molecule has 2 nitrogen and oxygen atoms in total. The molecule has 2 heteroatoms. The lowest BCUT2D eigenvalue weighted by Gasteiger charge is -2.37. The van der Waals surface area contributed by atoms with E-state index in [4.69, 9.17) is 0 Å². The van der Waals surface area contributed by atoms with Crippen molar-refractivity contribution in [3.63, 3.8) is 0 Å². The lowest BCUT2D eigenvalue weighted by Crippen LogP contribution is -2.27. The molecule has 8 rings (SSSR count). The summed E-state index contributed by atoms with van der Waals surface area (Å²) in [6.07, 6.45) is -0.792. The molecular formula is C37H25NO. The predicted octanol–water partition coefficient (Wildman–Crippen LogP) is 9.62. The van der Waals surface area contributed by atoms with Gasteiger partial charge in [0.2, 0.25) is 0 Å². The molecule has 1 atom stereocenters. The number of para-hydroxylation sites is 2. The van der Waals surface area contributed by atoms with Gasteiger partial charge in [-0.2, -0.15) is 0 Å². The van der Waals surface area contributed by atoms with Crippen LogP contribution in [0.3, 0.4) is 0 Å². The first-order chi connectivity index (χ1) is 19.3. The Morgan fingerprint density at radius 1 is 0.462 bits per heavy atom. The van der Waals surface area contributed by atoms with Gasteiger partial charge in [-0.15, -0.1) is 0 Å². The number of fused-ring (bicyclic) bond motifs is 7. The van der Waals surface area contributed by atoms with Crippen molar-refractivity contribution < 1.29 is 5.11 Å². The molecule has 39 heavy (non-hydrogen) atoms. The molecule has 7 aromatic carbocycles. The molecular weight excluding hydrogens is 474 g/mol. The summed E-state index contributed by atoms with van der Waals surface area (Å²) < 4.78 is 0. The quantitative estimate of drug-likeness (QED) is 0.189. The van der Waals surface area contributed by atoms with Crippen molar-refractivity contribution in [2.75, 3.05) is 4.90 Å². The molecule has 1 aliphatic heterocycles. The van der Waals surface area contributed by atoms with Crippen molar-refractivity contribution in [1.82, 2.24) is 0 Å². The van der Waals surface area contributed by atoms with Crippen molar-refractivity contribution in [1.29, 1.82) is 0 Å². The number of aliphatic hydroxyl groups excluding tert-OH is 1. The van der Waals surface area contributed by atoms with Crippen LogP contribution in [0, 0.1) is 0 Å². The Hall–Kier alpha value is -4.92. The van der Waals surface area contributed by atoms with E-state index in [1.54, 1.807) is 0 Å². The van der Waals surface area contributed by atoms with Crippen molar-refractivity contribution in [2.45, 2.75) is 6.23 Å². The van der Waals surface area contributed by atoms with Gasteiger partial charge in [0.15, 0.2) is 6.23 Å². The summed E-state index contributed by atoms with van der Waals surface area (Å²) in [5.41, 5.74) is 7.38. The largest absolute Gasteiger partial charge is 0.369 e. The zero-order valence-corrected chi connectivity index (χ0v) is 21.3. The first-order valence-corrected chi connectivity index (χ1v) is 13.4. The van der Waals surface area contributed by atoms with Gasteiger partial charge in [-0.1, -0.05) is 103 Å². The van der Waals surface area contributed by atoms with E-state index in [0.29, 0.717) is 0 Å². The molecule has 0 fully saturated rings. The van der Waals surface area contributed by atoms with Gasteiger partial charge < -0.3 is 10.0 Å².